The molecule has 2 rings (SSSR count). The largest absolute Gasteiger partial charge is 0.330 e. The molecule has 2 aliphatic carbocycles. The van der Waals surface area contributed by atoms with Gasteiger partial charge in [-0.3, -0.25) is 0 Å². The summed E-state index contributed by atoms with van der Waals surface area (Å²) in [4.78, 5) is 0. The molecule has 4 N–H and O–H groups in total. The van der Waals surface area contributed by atoms with Crippen molar-refractivity contribution in [2.45, 2.75) is 19.3 Å². The summed E-state index contributed by atoms with van der Waals surface area (Å²) >= 11 is 0. The Bertz CT molecular complexity index is 198. The number of fused-ring (bicyclic) bond motifs is 2. The summed E-state index contributed by atoms with van der Waals surface area (Å²) in [6, 6.07) is 0. The molecular formula is C9H16N2. The Morgan fingerprint density at radius 1 is 1.55 bits per heavy atom. The molecule has 2 nitrogen and oxygen atoms in total. The molecule has 0 saturated heterocycles. The Labute approximate surface area is 67.6 Å². The standard InChI is InChI=1S/C9H16N2/c10-5-8-4-9(6-11)2-1-7(8)3-9/h4,7H,1-3,5-6,10-11H2. The molecule has 11 heavy (non-hydrogen) atoms. The third-order valence-electron chi connectivity index (χ3n) is 3.30. The lowest BCUT2D eigenvalue weighted by Crippen LogP contribution is -2.24. The SMILES string of the molecule is NCC1=CC2(CN)CCC1C2. The molecular weight excluding hydrogens is 136 g/mol. The first-order valence-electron chi connectivity index (χ1n) is 4.41. The molecule has 1 saturated carbocycles. The van der Waals surface area contributed by atoms with Crippen LogP contribution in [0.2, 0.25) is 0 Å². The zero-order valence-corrected chi connectivity index (χ0v) is 6.84. The fourth-order valence-electron chi connectivity index (χ4n) is 2.59. The van der Waals surface area contributed by atoms with Crippen LogP contribution < -0.4 is 11.5 Å². The van der Waals surface area contributed by atoms with E-state index in [0.717, 1.165) is 19.0 Å². The van der Waals surface area contributed by atoms with E-state index in [-0.39, 0.29) is 0 Å². The lowest BCUT2D eigenvalue weighted by Gasteiger charge is -2.21. The fraction of sp³-hybridized carbons (Fsp3) is 0.778. The maximum atomic E-state index is 5.74. The summed E-state index contributed by atoms with van der Waals surface area (Å²) in [5, 5.41) is 0. The normalized spacial score (nSPS) is 41.3. The van der Waals surface area contributed by atoms with Gasteiger partial charge in [0.05, 0.1) is 0 Å². The van der Waals surface area contributed by atoms with E-state index < -0.39 is 0 Å². The highest BCUT2D eigenvalue weighted by Crippen LogP contribution is 2.51. The zero-order chi connectivity index (χ0) is 7.90. The smallest absolute Gasteiger partial charge is 0.0139 e. The fourth-order valence-corrected chi connectivity index (χ4v) is 2.59. The van der Waals surface area contributed by atoms with Crippen molar-refractivity contribution in [3.05, 3.63) is 11.6 Å². The molecule has 0 radical (unpaired) electrons. The van der Waals surface area contributed by atoms with Crippen LogP contribution in [0, 0.1) is 11.3 Å². The summed E-state index contributed by atoms with van der Waals surface area (Å²) in [5.41, 5.74) is 13.2. The maximum absolute atomic E-state index is 5.74. The Morgan fingerprint density at radius 3 is 2.82 bits per heavy atom. The van der Waals surface area contributed by atoms with Crippen LogP contribution in [-0.4, -0.2) is 13.1 Å². The quantitative estimate of drug-likeness (QED) is 0.570. The highest BCUT2D eigenvalue weighted by molar-refractivity contribution is 5.26. The van der Waals surface area contributed by atoms with E-state index >= 15 is 0 Å². The third kappa shape index (κ3) is 0.932. The molecule has 0 amide bonds. The van der Waals surface area contributed by atoms with E-state index in [4.69, 9.17) is 11.5 Å². The van der Waals surface area contributed by atoms with Gasteiger partial charge in [-0.05, 0) is 25.2 Å². The second kappa shape index (κ2) is 2.32. The van der Waals surface area contributed by atoms with Gasteiger partial charge in [0.2, 0.25) is 0 Å². The van der Waals surface area contributed by atoms with Gasteiger partial charge in [0.15, 0.2) is 0 Å². The van der Waals surface area contributed by atoms with Crippen LogP contribution in [0.15, 0.2) is 11.6 Å². The van der Waals surface area contributed by atoms with E-state index in [1.807, 2.05) is 0 Å². The van der Waals surface area contributed by atoms with Crippen molar-refractivity contribution >= 4 is 0 Å². The summed E-state index contributed by atoms with van der Waals surface area (Å²) < 4.78 is 0. The first kappa shape index (κ1) is 7.32. The van der Waals surface area contributed by atoms with Crippen molar-refractivity contribution in [1.29, 1.82) is 0 Å². The van der Waals surface area contributed by atoms with Crippen LogP contribution in [0.25, 0.3) is 0 Å². The Morgan fingerprint density at radius 2 is 2.36 bits per heavy atom. The lowest BCUT2D eigenvalue weighted by atomic mass is 9.87. The Balaban J connectivity index is 2.23. The van der Waals surface area contributed by atoms with Crippen molar-refractivity contribution in [3.8, 4) is 0 Å². The predicted molar refractivity (Wildman–Crippen MR) is 46.0 cm³/mol. The van der Waals surface area contributed by atoms with Crippen molar-refractivity contribution in [2.24, 2.45) is 22.8 Å². The average Bonchev–Trinajstić information content (AvgIpc) is 2.61. The van der Waals surface area contributed by atoms with Gasteiger partial charge in [0.1, 0.15) is 0 Å². The lowest BCUT2D eigenvalue weighted by molar-refractivity contribution is 0.417. The predicted octanol–water partition coefficient (Wildman–Crippen LogP) is 0.630. The maximum Gasteiger partial charge on any atom is 0.0139 e. The van der Waals surface area contributed by atoms with Gasteiger partial charge in [0.25, 0.3) is 0 Å². The molecule has 0 aromatic carbocycles. The molecule has 0 aromatic heterocycles. The van der Waals surface area contributed by atoms with Gasteiger partial charge < -0.3 is 11.5 Å². The van der Waals surface area contributed by atoms with E-state index in [2.05, 4.69) is 6.08 Å². The summed E-state index contributed by atoms with van der Waals surface area (Å²) in [6.45, 7) is 1.55. The van der Waals surface area contributed by atoms with Gasteiger partial charge in [-0.25, -0.2) is 0 Å². The minimum atomic E-state index is 0.360. The van der Waals surface area contributed by atoms with E-state index in [1.54, 1.807) is 0 Å². The Hall–Kier alpha value is -0.340. The molecule has 0 spiro atoms. The third-order valence-corrected chi connectivity index (χ3v) is 3.30. The molecule has 1 fully saturated rings. The molecule has 2 bridgehead atoms. The van der Waals surface area contributed by atoms with E-state index in [1.165, 1.54) is 24.8 Å². The van der Waals surface area contributed by atoms with Crippen LogP contribution in [0.1, 0.15) is 19.3 Å². The van der Waals surface area contributed by atoms with Gasteiger partial charge in [-0.1, -0.05) is 11.6 Å². The van der Waals surface area contributed by atoms with Gasteiger partial charge >= 0.3 is 0 Å². The molecule has 2 unspecified atom stereocenters. The summed E-state index contributed by atoms with van der Waals surface area (Å²) in [7, 11) is 0. The molecule has 0 aliphatic heterocycles. The second-order valence-corrected chi connectivity index (χ2v) is 3.93. The highest BCUT2D eigenvalue weighted by Gasteiger charge is 2.42. The molecule has 2 heteroatoms. The van der Waals surface area contributed by atoms with Crippen molar-refractivity contribution in [3.63, 3.8) is 0 Å². The first-order valence-corrected chi connectivity index (χ1v) is 4.41. The van der Waals surface area contributed by atoms with Crippen LogP contribution in [0.5, 0.6) is 0 Å². The van der Waals surface area contributed by atoms with Crippen LogP contribution >= 0.6 is 0 Å². The second-order valence-electron chi connectivity index (χ2n) is 3.93. The van der Waals surface area contributed by atoms with Crippen molar-refractivity contribution in [1.82, 2.24) is 0 Å². The summed E-state index contributed by atoms with van der Waals surface area (Å²) in [6.07, 6.45) is 6.23. The van der Waals surface area contributed by atoms with E-state index in [9.17, 15) is 0 Å². The monoisotopic (exact) mass is 152 g/mol. The zero-order valence-electron chi connectivity index (χ0n) is 6.84. The van der Waals surface area contributed by atoms with Gasteiger partial charge in [-0.15, -0.1) is 0 Å². The molecule has 62 valence electrons. The molecule has 2 atom stereocenters. The van der Waals surface area contributed by atoms with Crippen LogP contribution in [0.4, 0.5) is 0 Å². The van der Waals surface area contributed by atoms with Crippen molar-refractivity contribution < 1.29 is 0 Å². The summed E-state index contributed by atoms with van der Waals surface area (Å²) in [5.74, 6) is 0.781. The highest BCUT2D eigenvalue weighted by atomic mass is 14.7. The number of rotatable bonds is 2. The van der Waals surface area contributed by atoms with E-state index in [0.29, 0.717) is 5.41 Å². The first-order chi connectivity index (χ1) is 5.29. The molecule has 2 aliphatic rings. The number of hydrogen-bond donors (Lipinski definition) is 2. The van der Waals surface area contributed by atoms with Gasteiger partial charge in [0, 0.05) is 18.5 Å². The van der Waals surface area contributed by atoms with Crippen molar-refractivity contribution in [2.75, 3.05) is 13.1 Å². The average molecular weight is 152 g/mol. The van der Waals surface area contributed by atoms with Crippen LogP contribution in [-0.2, 0) is 0 Å². The molecule has 0 aromatic rings. The number of nitrogens with two attached hydrogens (primary N) is 2. The minimum absolute atomic E-state index is 0.360. The number of hydrogen-bond acceptors (Lipinski definition) is 2. The van der Waals surface area contributed by atoms with Crippen LogP contribution in [0.3, 0.4) is 0 Å². The Kier molecular flexibility index (Phi) is 1.55. The topological polar surface area (TPSA) is 52.0 Å². The minimum Gasteiger partial charge on any atom is -0.330 e. The van der Waals surface area contributed by atoms with Gasteiger partial charge in [-0.2, -0.15) is 0 Å². The molecule has 0 heterocycles.